The molecule has 24 heavy (non-hydrogen) atoms. The highest BCUT2D eigenvalue weighted by Gasteiger charge is 2.11. The Morgan fingerprint density at radius 1 is 1.38 bits per heavy atom. The molecule has 0 amide bonds. The van der Waals surface area contributed by atoms with E-state index >= 15 is 0 Å². The van der Waals surface area contributed by atoms with Crippen LogP contribution in [0.25, 0.3) is 11.0 Å². The van der Waals surface area contributed by atoms with Gasteiger partial charge in [-0.15, -0.1) is 0 Å². The van der Waals surface area contributed by atoms with Gasteiger partial charge in [0.25, 0.3) is 5.56 Å². The van der Waals surface area contributed by atoms with Gasteiger partial charge in [-0.3, -0.25) is 9.78 Å². The zero-order valence-electron chi connectivity index (χ0n) is 14.0. The van der Waals surface area contributed by atoms with Crippen molar-refractivity contribution in [3.8, 4) is 5.75 Å². The van der Waals surface area contributed by atoms with Crippen LogP contribution >= 0.6 is 0 Å². The molecule has 2 N–H and O–H groups in total. The minimum atomic E-state index is -0.192. The van der Waals surface area contributed by atoms with E-state index in [9.17, 15) is 4.79 Å². The van der Waals surface area contributed by atoms with Crippen molar-refractivity contribution >= 4 is 17.0 Å². The zero-order chi connectivity index (χ0) is 17.1. The van der Waals surface area contributed by atoms with Gasteiger partial charge >= 0.3 is 0 Å². The molecule has 2 aromatic heterocycles. The molecule has 0 saturated carbocycles. The number of hydrogen-bond donors (Lipinski definition) is 2. The number of aromatic nitrogens is 4. The van der Waals surface area contributed by atoms with Gasteiger partial charge < -0.3 is 10.1 Å². The maximum atomic E-state index is 12.2. The molecule has 0 aliphatic carbocycles. The Morgan fingerprint density at radius 2 is 2.21 bits per heavy atom. The normalized spacial score (nSPS) is 11.2. The van der Waals surface area contributed by atoms with E-state index in [1.54, 1.807) is 18.0 Å². The van der Waals surface area contributed by atoms with Crippen molar-refractivity contribution in [2.75, 3.05) is 12.4 Å². The molecular weight excluding hydrogens is 306 g/mol. The van der Waals surface area contributed by atoms with Crippen LogP contribution in [0.15, 0.2) is 35.3 Å². The fraction of sp³-hybridized carbons (Fsp3) is 0.353. The second kappa shape index (κ2) is 6.74. The Kier molecular flexibility index (Phi) is 4.50. The van der Waals surface area contributed by atoms with Gasteiger partial charge in [0.15, 0.2) is 5.65 Å². The molecule has 0 aliphatic rings. The largest absolute Gasteiger partial charge is 0.497 e. The molecule has 2 heterocycles. The summed E-state index contributed by atoms with van der Waals surface area (Å²) in [5.74, 6) is 1.64. The maximum absolute atomic E-state index is 12.2. The van der Waals surface area contributed by atoms with Crippen molar-refractivity contribution in [1.82, 2.24) is 19.7 Å². The first kappa shape index (κ1) is 16.0. The number of nitrogens with zero attached hydrogens (tertiary/aromatic N) is 3. The van der Waals surface area contributed by atoms with Crippen LogP contribution in [-0.4, -0.2) is 26.9 Å². The summed E-state index contributed by atoms with van der Waals surface area (Å²) in [4.78, 5) is 19.5. The molecule has 126 valence electrons. The van der Waals surface area contributed by atoms with Gasteiger partial charge in [0, 0.05) is 13.1 Å². The number of rotatable bonds is 6. The standard InChI is InChI=1S/C17H21N5O2/c1-11(2)10-22-15-14(9-19-22)16(23)21-17(20-15)18-8-12-5-4-6-13(7-12)24-3/h4-7,9,11H,8,10H2,1-3H3,(H2,18,20,21,23). The lowest BCUT2D eigenvalue weighted by atomic mass is 10.2. The topological polar surface area (TPSA) is 84.8 Å². The average Bonchev–Trinajstić information content (AvgIpc) is 2.96. The molecule has 0 unspecified atom stereocenters. The summed E-state index contributed by atoms with van der Waals surface area (Å²) >= 11 is 0. The van der Waals surface area contributed by atoms with E-state index in [0.717, 1.165) is 17.9 Å². The number of hydrogen-bond acceptors (Lipinski definition) is 5. The summed E-state index contributed by atoms with van der Waals surface area (Å²) in [6, 6.07) is 7.73. The molecule has 0 bridgehead atoms. The van der Waals surface area contributed by atoms with Crippen molar-refractivity contribution in [3.63, 3.8) is 0 Å². The van der Waals surface area contributed by atoms with Crippen LogP contribution in [0.5, 0.6) is 5.75 Å². The van der Waals surface area contributed by atoms with Crippen molar-refractivity contribution in [3.05, 3.63) is 46.4 Å². The number of H-pyrrole nitrogens is 1. The summed E-state index contributed by atoms with van der Waals surface area (Å²) in [7, 11) is 1.63. The van der Waals surface area contributed by atoms with Crippen molar-refractivity contribution < 1.29 is 4.74 Å². The lowest BCUT2D eigenvalue weighted by Gasteiger charge is -2.09. The summed E-state index contributed by atoms with van der Waals surface area (Å²) in [6.45, 7) is 5.45. The summed E-state index contributed by atoms with van der Waals surface area (Å²) in [5.41, 5.74) is 1.44. The monoisotopic (exact) mass is 327 g/mol. The average molecular weight is 327 g/mol. The SMILES string of the molecule is COc1cccc(CNc2nc3c(cnn3CC(C)C)c(=O)[nH]2)c1. The zero-order valence-corrected chi connectivity index (χ0v) is 14.0. The summed E-state index contributed by atoms with van der Waals surface area (Å²) in [5, 5.41) is 7.92. The first-order chi connectivity index (χ1) is 11.6. The first-order valence-electron chi connectivity index (χ1n) is 7.89. The van der Waals surface area contributed by atoms with E-state index in [4.69, 9.17) is 4.74 Å². The first-order valence-corrected chi connectivity index (χ1v) is 7.89. The van der Waals surface area contributed by atoms with Gasteiger partial charge in [-0.1, -0.05) is 26.0 Å². The molecule has 0 radical (unpaired) electrons. The van der Waals surface area contributed by atoms with Gasteiger partial charge in [-0.05, 0) is 23.6 Å². The van der Waals surface area contributed by atoms with E-state index < -0.39 is 0 Å². The van der Waals surface area contributed by atoms with Gasteiger partial charge in [0.1, 0.15) is 11.1 Å². The van der Waals surface area contributed by atoms with Crippen LogP contribution in [0.2, 0.25) is 0 Å². The third-order valence-corrected chi connectivity index (χ3v) is 3.64. The molecule has 3 rings (SSSR count). The minimum absolute atomic E-state index is 0.192. The lowest BCUT2D eigenvalue weighted by Crippen LogP contribution is -2.14. The summed E-state index contributed by atoms with van der Waals surface area (Å²) in [6.07, 6.45) is 1.56. The molecular formula is C17H21N5O2. The fourth-order valence-corrected chi connectivity index (χ4v) is 2.50. The molecule has 0 saturated heterocycles. The highest BCUT2D eigenvalue weighted by atomic mass is 16.5. The molecule has 0 aliphatic heterocycles. The van der Waals surface area contributed by atoms with E-state index in [1.807, 2.05) is 24.3 Å². The predicted molar refractivity (Wildman–Crippen MR) is 93.3 cm³/mol. The molecule has 7 nitrogen and oxygen atoms in total. The minimum Gasteiger partial charge on any atom is -0.497 e. The van der Waals surface area contributed by atoms with Crippen LogP contribution in [0.3, 0.4) is 0 Å². The van der Waals surface area contributed by atoms with Crippen LogP contribution in [0, 0.1) is 5.92 Å². The van der Waals surface area contributed by atoms with E-state index in [1.165, 1.54) is 0 Å². The highest BCUT2D eigenvalue weighted by Crippen LogP contribution is 2.14. The van der Waals surface area contributed by atoms with E-state index in [0.29, 0.717) is 29.4 Å². The molecule has 7 heteroatoms. The van der Waals surface area contributed by atoms with Crippen LogP contribution in [0.1, 0.15) is 19.4 Å². The second-order valence-corrected chi connectivity index (χ2v) is 6.08. The summed E-state index contributed by atoms with van der Waals surface area (Å²) < 4.78 is 6.98. The predicted octanol–water partition coefficient (Wildman–Crippen LogP) is 2.40. The maximum Gasteiger partial charge on any atom is 0.263 e. The van der Waals surface area contributed by atoms with E-state index in [2.05, 4.69) is 34.2 Å². The number of aromatic amines is 1. The number of benzene rings is 1. The number of nitrogens with one attached hydrogen (secondary N) is 2. The molecule has 0 fully saturated rings. The number of ether oxygens (including phenoxy) is 1. The highest BCUT2D eigenvalue weighted by molar-refractivity contribution is 5.74. The van der Waals surface area contributed by atoms with Gasteiger partial charge in [-0.2, -0.15) is 10.1 Å². The third-order valence-electron chi connectivity index (χ3n) is 3.64. The van der Waals surface area contributed by atoms with E-state index in [-0.39, 0.29) is 5.56 Å². The Morgan fingerprint density at radius 3 is 2.96 bits per heavy atom. The second-order valence-electron chi connectivity index (χ2n) is 6.08. The fourth-order valence-electron chi connectivity index (χ4n) is 2.50. The molecule has 3 aromatic rings. The van der Waals surface area contributed by atoms with Crippen LogP contribution < -0.4 is 15.6 Å². The number of anilines is 1. The van der Waals surface area contributed by atoms with Crippen LogP contribution in [0.4, 0.5) is 5.95 Å². The van der Waals surface area contributed by atoms with Crippen LogP contribution in [-0.2, 0) is 13.1 Å². The van der Waals surface area contributed by atoms with Crippen molar-refractivity contribution in [1.29, 1.82) is 0 Å². The molecule has 0 spiro atoms. The Hall–Kier alpha value is -2.83. The lowest BCUT2D eigenvalue weighted by molar-refractivity contribution is 0.414. The van der Waals surface area contributed by atoms with Gasteiger partial charge in [0.05, 0.1) is 13.3 Å². The third kappa shape index (κ3) is 3.40. The quantitative estimate of drug-likeness (QED) is 0.726. The van der Waals surface area contributed by atoms with Crippen molar-refractivity contribution in [2.24, 2.45) is 5.92 Å². The van der Waals surface area contributed by atoms with Crippen molar-refractivity contribution in [2.45, 2.75) is 26.9 Å². The Bertz CT molecular complexity index is 897. The van der Waals surface area contributed by atoms with Gasteiger partial charge in [0.2, 0.25) is 5.95 Å². The smallest absolute Gasteiger partial charge is 0.263 e. The number of methoxy groups -OCH3 is 1. The molecule has 0 atom stereocenters. The Labute approximate surface area is 139 Å². The Balaban J connectivity index is 1.85. The number of fused-ring (bicyclic) bond motifs is 1. The van der Waals surface area contributed by atoms with Gasteiger partial charge in [-0.25, -0.2) is 4.68 Å². The molecule has 1 aromatic carbocycles.